The van der Waals surface area contributed by atoms with Crippen molar-refractivity contribution in [1.29, 1.82) is 0 Å². The lowest BCUT2D eigenvalue weighted by atomic mass is 9.66. The molecule has 5 atom stereocenters. The number of nitrogens with zero attached hydrogens (tertiary/aromatic N) is 3. The molecule has 0 aromatic carbocycles. The van der Waals surface area contributed by atoms with Crippen LogP contribution >= 0.6 is 0 Å². The molecule has 7 nitrogen and oxygen atoms in total. The van der Waals surface area contributed by atoms with E-state index in [1.807, 2.05) is 19.2 Å². The first kappa shape index (κ1) is 18.2. The van der Waals surface area contributed by atoms with Gasteiger partial charge in [-0.15, -0.1) is 0 Å². The summed E-state index contributed by atoms with van der Waals surface area (Å²) in [6.07, 6.45) is 6.28. The minimum Gasteiger partial charge on any atom is -0.428 e. The molecule has 8 heteroatoms. The van der Waals surface area contributed by atoms with Crippen molar-refractivity contribution in [2.45, 2.75) is 38.7 Å². The molecule has 1 unspecified atom stereocenters. The minimum absolute atomic E-state index is 0.0794. The Morgan fingerprint density at radius 2 is 2.21 bits per heavy atom. The number of nitrogens with one attached hydrogen (secondary N) is 1. The molecule has 1 aliphatic heterocycles. The van der Waals surface area contributed by atoms with Crippen molar-refractivity contribution in [2.24, 2.45) is 28.8 Å². The summed E-state index contributed by atoms with van der Waals surface area (Å²) in [7, 11) is -0.920. The molecule has 2 aliphatic carbocycles. The molecule has 0 radical (unpaired) electrons. The van der Waals surface area contributed by atoms with Crippen LogP contribution in [0.25, 0.3) is 11.0 Å². The quantitative estimate of drug-likeness (QED) is 0.585. The van der Waals surface area contributed by atoms with E-state index in [4.69, 9.17) is 5.10 Å². The van der Waals surface area contributed by atoms with Crippen LogP contribution in [0.4, 0.5) is 0 Å². The second-order valence-corrected chi connectivity index (χ2v) is 9.14. The van der Waals surface area contributed by atoms with Crippen LogP contribution in [0.15, 0.2) is 23.6 Å². The summed E-state index contributed by atoms with van der Waals surface area (Å²) in [5.74, 6) is 1.51. The molecule has 28 heavy (non-hydrogen) atoms. The van der Waals surface area contributed by atoms with Gasteiger partial charge in [0.15, 0.2) is 0 Å². The summed E-state index contributed by atoms with van der Waals surface area (Å²) in [5.41, 5.74) is 2.83. The predicted octanol–water partition coefficient (Wildman–Crippen LogP) is 0.696. The number of hydrazone groups is 1. The van der Waals surface area contributed by atoms with Gasteiger partial charge in [-0.05, 0) is 50.0 Å². The zero-order valence-electron chi connectivity index (χ0n) is 16.3. The van der Waals surface area contributed by atoms with Gasteiger partial charge in [-0.25, -0.2) is 4.98 Å². The van der Waals surface area contributed by atoms with Crippen molar-refractivity contribution < 1.29 is 15.2 Å². The molecule has 2 aromatic heterocycles. The van der Waals surface area contributed by atoms with Gasteiger partial charge in [0.2, 0.25) is 0 Å². The van der Waals surface area contributed by atoms with Gasteiger partial charge >= 0.3 is 7.05 Å². The van der Waals surface area contributed by atoms with Crippen molar-refractivity contribution in [3.63, 3.8) is 0 Å². The summed E-state index contributed by atoms with van der Waals surface area (Å²) in [6.45, 7) is 4.35. The van der Waals surface area contributed by atoms with Gasteiger partial charge in [0.1, 0.15) is 5.65 Å². The van der Waals surface area contributed by atoms with E-state index in [9.17, 15) is 15.2 Å². The summed E-state index contributed by atoms with van der Waals surface area (Å²) >= 11 is 0. The van der Waals surface area contributed by atoms with Gasteiger partial charge in [-0.1, -0.05) is 6.92 Å². The number of rotatable bonds is 3. The third-order valence-electron chi connectivity index (χ3n) is 6.83. The van der Waals surface area contributed by atoms with Crippen molar-refractivity contribution in [3.05, 3.63) is 24.0 Å². The Morgan fingerprint density at radius 3 is 3.00 bits per heavy atom. The van der Waals surface area contributed by atoms with Crippen molar-refractivity contribution in [3.8, 4) is 0 Å². The molecule has 2 fully saturated rings. The Balaban J connectivity index is 1.67. The van der Waals surface area contributed by atoms with E-state index < -0.39 is 12.7 Å². The molecule has 4 N–H and O–H groups in total. The van der Waals surface area contributed by atoms with Crippen LogP contribution in [0, 0.1) is 23.7 Å². The van der Waals surface area contributed by atoms with Crippen molar-refractivity contribution in [2.75, 3.05) is 13.2 Å². The Bertz CT molecular complexity index is 943. The summed E-state index contributed by atoms with van der Waals surface area (Å²) in [6, 6.07) is 1.99. The molecule has 3 heterocycles. The summed E-state index contributed by atoms with van der Waals surface area (Å²) in [5, 5.41) is 37.0. The zero-order chi connectivity index (χ0) is 19.6. The minimum atomic E-state index is -0.920. The predicted molar refractivity (Wildman–Crippen MR) is 108 cm³/mol. The van der Waals surface area contributed by atoms with Crippen LogP contribution in [0.1, 0.15) is 38.7 Å². The number of aliphatic hydroxyl groups is 2. The van der Waals surface area contributed by atoms with E-state index in [0.29, 0.717) is 11.8 Å². The SMILES string of the molecule is C[C@@H]1C[C@](C)(O)C[C@H]2CC2[C@H]1C1=NN(CCO)B(O)c2cnc3[nH]ccc3c21. The maximum Gasteiger partial charge on any atom is 0.468 e. The Hall–Kier alpha value is -1.90. The van der Waals surface area contributed by atoms with E-state index in [-0.39, 0.29) is 25.0 Å². The van der Waals surface area contributed by atoms with Crippen molar-refractivity contribution >= 4 is 29.3 Å². The first-order chi connectivity index (χ1) is 13.4. The maximum absolute atomic E-state index is 10.9. The van der Waals surface area contributed by atoms with Crippen LogP contribution in [-0.2, 0) is 0 Å². The number of hydrogen-bond acceptors (Lipinski definition) is 6. The average Bonchev–Trinajstić information content (AvgIpc) is 3.19. The number of β-amino-alcohol motifs (C(OH)–C–C–N with tert-alkyl or cyclic N) is 1. The van der Waals surface area contributed by atoms with Gasteiger partial charge in [0.05, 0.1) is 17.9 Å². The van der Waals surface area contributed by atoms with Crippen LogP contribution in [0.2, 0.25) is 0 Å². The maximum atomic E-state index is 10.9. The molecule has 0 saturated heterocycles. The highest BCUT2D eigenvalue weighted by Crippen LogP contribution is 2.56. The molecular weight excluding hydrogens is 355 g/mol. The van der Waals surface area contributed by atoms with Gasteiger partial charge in [-0.2, -0.15) is 5.10 Å². The third kappa shape index (κ3) is 2.77. The number of H-pyrrole nitrogens is 1. The fourth-order valence-electron chi connectivity index (χ4n) is 5.73. The van der Waals surface area contributed by atoms with E-state index in [1.165, 1.54) is 0 Å². The lowest BCUT2D eigenvalue weighted by molar-refractivity contribution is 0.0261. The number of aliphatic hydroxyl groups excluding tert-OH is 1. The lowest BCUT2D eigenvalue weighted by Crippen LogP contribution is -2.54. The van der Waals surface area contributed by atoms with E-state index in [1.54, 1.807) is 11.1 Å². The molecule has 3 aliphatic rings. The van der Waals surface area contributed by atoms with Crippen LogP contribution in [0.3, 0.4) is 0 Å². The molecule has 2 saturated carbocycles. The van der Waals surface area contributed by atoms with Gasteiger partial charge in [0.25, 0.3) is 0 Å². The average molecular weight is 382 g/mol. The van der Waals surface area contributed by atoms with E-state index in [0.717, 1.165) is 47.0 Å². The van der Waals surface area contributed by atoms with Gasteiger partial charge < -0.3 is 25.1 Å². The standard InChI is InChI=1S/C20H27BN4O3/c1-11-8-20(2,27)9-12-7-14(12)16(11)18-17-13-3-4-22-19(13)23-10-15(17)21(28)25(24-18)5-6-26/h3-4,10-12,14,16,26-28H,5-9H2,1-2H3,(H,22,23)/t11-,12-,14?,16+,20+/m1/s1. The van der Waals surface area contributed by atoms with E-state index in [2.05, 4.69) is 16.9 Å². The zero-order valence-corrected chi connectivity index (χ0v) is 16.3. The number of fused-ring (bicyclic) bond motifs is 4. The molecule has 0 amide bonds. The van der Waals surface area contributed by atoms with Crippen LogP contribution in [0.5, 0.6) is 0 Å². The molecule has 2 aromatic rings. The highest BCUT2D eigenvalue weighted by molar-refractivity contribution is 6.66. The molecule has 148 valence electrons. The smallest absolute Gasteiger partial charge is 0.428 e. The molecular formula is C20H27BN4O3. The van der Waals surface area contributed by atoms with E-state index >= 15 is 0 Å². The Kier molecular flexibility index (Phi) is 4.09. The largest absolute Gasteiger partial charge is 0.468 e. The third-order valence-corrected chi connectivity index (χ3v) is 6.83. The normalized spacial score (nSPS) is 34.7. The summed E-state index contributed by atoms with van der Waals surface area (Å²) < 4.78 is 0. The number of hydrogen-bond donors (Lipinski definition) is 4. The number of pyridine rings is 1. The monoisotopic (exact) mass is 382 g/mol. The fraction of sp³-hybridized carbons (Fsp3) is 0.600. The number of aromatic nitrogens is 2. The van der Waals surface area contributed by atoms with Crippen LogP contribution in [-0.4, -0.2) is 61.6 Å². The fourth-order valence-corrected chi connectivity index (χ4v) is 5.73. The first-order valence-corrected chi connectivity index (χ1v) is 10.2. The Labute approximate surface area is 164 Å². The first-order valence-electron chi connectivity index (χ1n) is 10.2. The lowest BCUT2D eigenvalue weighted by Gasteiger charge is -2.35. The molecule has 0 spiro atoms. The number of aromatic amines is 1. The highest BCUT2D eigenvalue weighted by Gasteiger charge is 2.54. The Morgan fingerprint density at radius 1 is 1.39 bits per heavy atom. The van der Waals surface area contributed by atoms with Gasteiger partial charge in [-0.3, -0.25) is 0 Å². The second-order valence-electron chi connectivity index (χ2n) is 9.14. The van der Waals surface area contributed by atoms with Crippen molar-refractivity contribution in [1.82, 2.24) is 14.9 Å². The van der Waals surface area contributed by atoms with Gasteiger partial charge in [0, 0.05) is 41.3 Å². The molecule has 5 rings (SSSR count). The molecule has 0 bridgehead atoms. The second kappa shape index (κ2) is 6.30. The highest BCUT2D eigenvalue weighted by atomic mass is 16.3. The topological polar surface area (TPSA) is 105 Å². The van der Waals surface area contributed by atoms with Crippen LogP contribution < -0.4 is 5.46 Å². The summed E-state index contributed by atoms with van der Waals surface area (Å²) in [4.78, 5) is 9.21.